The van der Waals surface area contributed by atoms with Gasteiger partial charge < -0.3 is 10.1 Å². The minimum atomic E-state index is -0.130. The SMILES string of the molecule is COc1ccc(NC(=O)CSc2ncnc3c2cnn3-c2cccc(Cl)c2)cc1. The van der Waals surface area contributed by atoms with Crippen molar-refractivity contribution in [2.45, 2.75) is 5.03 Å². The quantitative estimate of drug-likeness (QED) is 0.368. The molecule has 0 fully saturated rings. The van der Waals surface area contributed by atoms with Gasteiger partial charge in [0.05, 0.1) is 30.1 Å². The van der Waals surface area contributed by atoms with Crippen molar-refractivity contribution >= 4 is 46.0 Å². The van der Waals surface area contributed by atoms with Crippen LogP contribution in [0.1, 0.15) is 0 Å². The molecule has 146 valence electrons. The second-order valence-corrected chi connectivity index (χ2v) is 7.42. The van der Waals surface area contributed by atoms with E-state index in [4.69, 9.17) is 16.3 Å². The largest absolute Gasteiger partial charge is 0.497 e. The summed E-state index contributed by atoms with van der Waals surface area (Å²) >= 11 is 7.41. The van der Waals surface area contributed by atoms with Crippen molar-refractivity contribution in [2.75, 3.05) is 18.2 Å². The Hall–Kier alpha value is -3.10. The van der Waals surface area contributed by atoms with Gasteiger partial charge in [-0.05, 0) is 42.5 Å². The number of carbonyl (C=O) groups excluding carboxylic acids is 1. The molecule has 7 nitrogen and oxygen atoms in total. The molecule has 0 atom stereocenters. The monoisotopic (exact) mass is 425 g/mol. The lowest BCUT2D eigenvalue weighted by Gasteiger charge is -2.07. The number of methoxy groups -OCH3 is 1. The summed E-state index contributed by atoms with van der Waals surface area (Å²) < 4.78 is 6.81. The zero-order valence-electron chi connectivity index (χ0n) is 15.4. The molecule has 1 N–H and O–H groups in total. The first-order chi connectivity index (χ1) is 14.1. The maximum atomic E-state index is 12.3. The van der Waals surface area contributed by atoms with E-state index >= 15 is 0 Å². The summed E-state index contributed by atoms with van der Waals surface area (Å²) in [5.41, 5.74) is 2.16. The van der Waals surface area contributed by atoms with Crippen molar-refractivity contribution in [3.63, 3.8) is 0 Å². The summed E-state index contributed by atoms with van der Waals surface area (Å²) in [6, 6.07) is 14.5. The van der Waals surface area contributed by atoms with Gasteiger partial charge in [-0.1, -0.05) is 29.4 Å². The molecule has 4 aromatic rings. The Kier molecular flexibility index (Phi) is 5.64. The van der Waals surface area contributed by atoms with Gasteiger partial charge in [-0.3, -0.25) is 4.79 Å². The molecule has 4 rings (SSSR count). The van der Waals surface area contributed by atoms with E-state index in [0.29, 0.717) is 21.4 Å². The Balaban J connectivity index is 1.49. The van der Waals surface area contributed by atoms with Crippen LogP contribution in [-0.2, 0) is 4.79 Å². The van der Waals surface area contributed by atoms with Gasteiger partial charge in [0.2, 0.25) is 5.91 Å². The molecule has 0 saturated heterocycles. The van der Waals surface area contributed by atoms with Crippen LogP contribution < -0.4 is 10.1 Å². The number of carbonyl (C=O) groups is 1. The topological polar surface area (TPSA) is 81.9 Å². The number of ether oxygens (including phenoxy) is 1. The molecule has 0 bridgehead atoms. The molecule has 0 saturated carbocycles. The molecule has 2 heterocycles. The predicted molar refractivity (Wildman–Crippen MR) is 114 cm³/mol. The number of rotatable bonds is 6. The van der Waals surface area contributed by atoms with Crippen LogP contribution >= 0.6 is 23.4 Å². The van der Waals surface area contributed by atoms with Crippen molar-refractivity contribution in [3.05, 3.63) is 66.1 Å². The van der Waals surface area contributed by atoms with E-state index in [9.17, 15) is 4.79 Å². The van der Waals surface area contributed by atoms with E-state index in [1.807, 2.05) is 18.2 Å². The molecule has 2 aromatic carbocycles. The summed E-state index contributed by atoms with van der Waals surface area (Å²) in [6.07, 6.45) is 3.16. The van der Waals surface area contributed by atoms with Crippen LogP contribution in [0.3, 0.4) is 0 Å². The van der Waals surface area contributed by atoms with Gasteiger partial charge in [0.1, 0.15) is 17.1 Å². The average Bonchev–Trinajstić information content (AvgIpc) is 3.17. The molecule has 0 spiro atoms. The molecule has 0 aliphatic heterocycles. The van der Waals surface area contributed by atoms with Crippen LogP contribution in [0.4, 0.5) is 5.69 Å². The van der Waals surface area contributed by atoms with E-state index in [1.54, 1.807) is 48.3 Å². The fourth-order valence-electron chi connectivity index (χ4n) is 2.74. The van der Waals surface area contributed by atoms with Gasteiger partial charge in [0.25, 0.3) is 0 Å². The Morgan fingerprint density at radius 3 is 2.79 bits per heavy atom. The van der Waals surface area contributed by atoms with E-state index < -0.39 is 0 Å². The average molecular weight is 426 g/mol. The molecule has 0 unspecified atom stereocenters. The van der Waals surface area contributed by atoms with E-state index in [-0.39, 0.29) is 11.7 Å². The third kappa shape index (κ3) is 4.33. The predicted octanol–water partition coefficient (Wildman–Crippen LogP) is 4.21. The molecule has 0 aliphatic carbocycles. The third-order valence-electron chi connectivity index (χ3n) is 4.10. The van der Waals surface area contributed by atoms with Gasteiger partial charge >= 0.3 is 0 Å². The maximum absolute atomic E-state index is 12.3. The molecular formula is C20H16ClN5O2S. The number of nitrogens with one attached hydrogen (secondary N) is 1. The molecule has 0 radical (unpaired) electrons. The van der Waals surface area contributed by atoms with Crippen molar-refractivity contribution in [1.29, 1.82) is 0 Å². The standard InChI is InChI=1S/C20H16ClN5O2S/c1-28-16-7-5-14(6-8-16)25-18(27)11-29-20-17-10-24-26(19(17)22-12-23-20)15-4-2-3-13(21)9-15/h2-10,12H,11H2,1H3,(H,25,27). The summed E-state index contributed by atoms with van der Waals surface area (Å²) in [5, 5.41) is 9.34. The lowest BCUT2D eigenvalue weighted by molar-refractivity contribution is -0.113. The number of nitrogens with zero attached hydrogens (tertiary/aromatic N) is 4. The fraction of sp³-hybridized carbons (Fsp3) is 0.100. The number of anilines is 1. The Morgan fingerprint density at radius 1 is 1.21 bits per heavy atom. The highest BCUT2D eigenvalue weighted by Gasteiger charge is 2.13. The minimum Gasteiger partial charge on any atom is -0.497 e. The van der Waals surface area contributed by atoms with E-state index in [1.165, 1.54) is 18.1 Å². The highest BCUT2D eigenvalue weighted by Crippen LogP contribution is 2.26. The van der Waals surface area contributed by atoms with Crippen LogP contribution in [0.5, 0.6) is 5.75 Å². The zero-order valence-corrected chi connectivity index (χ0v) is 16.9. The fourth-order valence-corrected chi connectivity index (χ4v) is 3.69. The smallest absolute Gasteiger partial charge is 0.234 e. The summed E-state index contributed by atoms with van der Waals surface area (Å²) in [6.45, 7) is 0. The number of amides is 1. The first-order valence-corrected chi connectivity index (χ1v) is 10.0. The Morgan fingerprint density at radius 2 is 2.03 bits per heavy atom. The Bertz CT molecular complexity index is 1160. The van der Waals surface area contributed by atoms with Gasteiger partial charge in [-0.15, -0.1) is 0 Å². The van der Waals surface area contributed by atoms with Gasteiger partial charge in [0, 0.05) is 10.7 Å². The summed E-state index contributed by atoms with van der Waals surface area (Å²) in [5.74, 6) is 0.812. The maximum Gasteiger partial charge on any atom is 0.234 e. The first kappa shape index (κ1) is 19.2. The number of hydrogen-bond acceptors (Lipinski definition) is 6. The van der Waals surface area contributed by atoms with Crippen molar-refractivity contribution in [1.82, 2.24) is 19.7 Å². The van der Waals surface area contributed by atoms with Crippen LogP contribution in [0, 0.1) is 0 Å². The number of fused-ring (bicyclic) bond motifs is 1. The van der Waals surface area contributed by atoms with Crippen molar-refractivity contribution < 1.29 is 9.53 Å². The highest BCUT2D eigenvalue weighted by molar-refractivity contribution is 8.00. The second-order valence-electron chi connectivity index (χ2n) is 6.02. The van der Waals surface area contributed by atoms with Crippen molar-refractivity contribution in [3.8, 4) is 11.4 Å². The lowest BCUT2D eigenvalue weighted by Crippen LogP contribution is -2.14. The van der Waals surface area contributed by atoms with Crippen LogP contribution in [0.2, 0.25) is 5.02 Å². The van der Waals surface area contributed by atoms with Gasteiger partial charge in [-0.2, -0.15) is 5.10 Å². The van der Waals surface area contributed by atoms with Crippen LogP contribution in [0.25, 0.3) is 16.7 Å². The van der Waals surface area contributed by atoms with Crippen LogP contribution in [0.15, 0.2) is 66.1 Å². The van der Waals surface area contributed by atoms with Crippen molar-refractivity contribution in [2.24, 2.45) is 0 Å². The molecular weight excluding hydrogens is 410 g/mol. The number of halogens is 1. The lowest BCUT2D eigenvalue weighted by atomic mass is 10.3. The summed E-state index contributed by atoms with van der Waals surface area (Å²) in [7, 11) is 1.60. The Labute approximate surface area is 176 Å². The molecule has 29 heavy (non-hydrogen) atoms. The van der Waals surface area contributed by atoms with E-state index in [0.717, 1.165) is 16.8 Å². The first-order valence-electron chi connectivity index (χ1n) is 8.65. The van der Waals surface area contributed by atoms with Gasteiger partial charge in [-0.25, -0.2) is 14.6 Å². The van der Waals surface area contributed by atoms with E-state index in [2.05, 4.69) is 20.4 Å². The number of benzene rings is 2. The molecule has 1 amide bonds. The minimum absolute atomic E-state index is 0.130. The van der Waals surface area contributed by atoms with Gasteiger partial charge in [0.15, 0.2) is 5.65 Å². The second kappa shape index (κ2) is 8.50. The normalized spacial score (nSPS) is 10.8. The number of hydrogen-bond donors (Lipinski definition) is 1. The molecule has 0 aliphatic rings. The third-order valence-corrected chi connectivity index (χ3v) is 5.34. The molecule has 2 aromatic heterocycles. The highest BCUT2D eigenvalue weighted by atomic mass is 35.5. The number of aromatic nitrogens is 4. The number of thioether (sulfide) groups is 1. The summed E-state index contributed by atoms with van der Waals surface area (Å²) in [4.78, 5) is 20.9. The zero-order chi connectivity index (χ0) is 20.2. The molecule has 9 heteroatoms. The van der Waals surface area contributed by atoms with Crippen LogP contribution in [-0.4, -0.2) is 38.5 Å².